The molecule has 0 aliphatic carbocycles. The smallest absolute Gasteiger partial charge is 0.462 e. The standard InChI is InChI=1S/C57H94NO8P/c1-3-5-7-9-11-13-15-17-19-21-23-24-25-26-27-28-29-30-32-33-35-37-39-41-43-45-47-49-56(59)63-53-55(54-65-67(61,62)64-52-51-58)66-57(60)50-48-46-44-42-40-38-36-34-31-22-20-18-16-14-12-10-8-6-4-2/h5-8,11-14,17-20,23-24,31,34,38,40,44,46,55H,3-4,9-10,15-16,21-22,25-30,32-33,35-37,39,41-43,45,47-54,58H2,1-2H3,(H,61,62)/b7-5-,8-6-,13-11-,14-12-,19-17-,20-18-,24-23-,34-31-,40-38-,46-44-. The molecule has 9 nitrogen and oxygen atoms in total. The first-order valence-electron chi connectivity index (χ1n) is 26.0. The van der Waals surface area contributed by atoms with Gasteiger partial charge in [-0.2, -0.15) is 0 Å². The molecule has 0 aliphatic rings. The fourth-order valence-electron chi connectivity index (χ4n) is 6.59. The molecule has 0 aromatic heterocycles. The first-order chi connectivity index (χ1) is 32.8. The zero-order valence-corrected chi connectivity index (χ0v) is 43.0. The number of allylic oxidation sites excluding steroid dienone is 20. The van der Waals surface area contributed by atoms with Gasteiger partial charge in [-0.1, -0.05) is 212 Å². The molecular weight excluding hydrogens is 858 g/mol. The molecule has 0 aliphatic heterocycles. The molecule has 0 saturated heterocycles. The SMILES string of the molecule is CC/C=C\C/C=C\C/C=C\C/C=C\C/C=C\C/C=C\CCC(=O)OC(COC(=O)CCCCCCCCCCCCCCCC/C=C\C/C=C\C/C=C\C/C=C\CC)COP(=O)(O)OCCN. The molecule has 0 aromatic rings. The largest absolute Gasteiger partial charge is 0.472 e. The van der Waals surface area contributed by atoms with Crippen molar-refractivity contribution in [3.63, 3.8) is 0 Å². The second kappa shape index (κ2) is 51.8. The minimum atomic E-state index is -4.41. The third-order valence-corrected chi connectivity index (χ3v) is 11.3. The number of carbonyl (C=O) groups is 2. The van der Waals surface area contributed by atoms with Crippen LogP contribution in [0.1, 0.15) is 194 Å². The minimum absolute atomic E-state index is 0.0358. The molecule has 380 valence electrons. The number of hydrogen-bond acceptors (Lipinski definition) is 8. The van der Waals surface area contributed by atoms with Crippen molar-refractivity contribution in [1.29, 1.82) is 0 Å². The number of phosphoric ester groups is 1. The van der Waals surface area contributed by atoms with Crippen molar-refractivity contribution < 1.29 is 37.6 Å². The van der Waals surface area contributed by atoms with Crippen molar-refractivity contribution in [3.05, 3.63) is 122 Å². The van der Waals surface area contributed by atoms with E-state index in [9.17, 15) is 19.0 Å². The van der Waals surface area contributed by atoms with Crippen LogP contribution in [0.3, 0.4) is 0 Å². The lowest BCUT2D eigenvalue weighted by molar-refractivity contribution is -0.161. The molecule has 3 N–H and O–H groups in total. The van der Waals surface area contributed by atoms with Gasteiger partial charge in [0.2, 0.25) is 0 Å². The maximum absolute atomic E-state index is 12.6. The normalized spacial score (nSPS) is 14.1. The molecule has 0 aromatic carbocycles. The third kappa shape index (κ3) is 51.6. The lowest BCUT2D eigenvalue weighted by Crippen LogP contribution is -2.29. The Bertz CT molecular complexity index is 1500. The second-order valence-corrected chi connectivity index (χ2v) is 18.1. The maximum atomic E-state index is 12.6. The van der Waals surface area contributed by atoms with Crippen LogP contribution in [-0.2, 0) is 32.7 Å². The number of unbranched alkanes of at least 4 members (excludes halogenated alkanes) is 14. The molecule has 0 fully saturated rings. The highest BCUT2D eigenvalue weighted by Crippen LogP contribution is 2.43. The van der Waals surface area contributed by atoms with Crippen molar-refractivity contribution in [2.75, 3.05) is 26.4 Å². The lowest BCUT2D eigenvalue weighted by Gasteiger charge is -2.19. The van der Waals surface area contributed by atoms with E-state index in [1.807, 2.05) is 12.2 Å². The molecule has 0 radical (unpaired) electrons. The van der Waals surface area contributed by atoms with Crippen LogP contribution in [0.2, 0.25) is 0 Å². The van der Waals surface area contributed by atoms with Crippen molar-refractivity contribution in [3.8, 4) is 0 Å². The summed E-state index contributed by atoms with van der Waals surface area (Å²) in [7, 11) is -4.41. The van der Waals surface area contributed by atoms with Gasteiger partial charge >= 0.3 is 19.8 Å². The molecular formula is C57H94NO8P. The monoisotopic (exact) mass is 952 g/mol. The van der Waals surface area contributed by atoms with E-state index in [0.29, 0.717) is 12.8 Å². The van der Waals surface area contributed by atoms with Gasteiger partial charge in [0.05, 0.1) is 13.2 Å². The van der Waals surface area contributed by atoms with Crippen LogP contribution in [0.25, 0.3) is 0 Å². The molecule has 0 rings (SSSR count). The lowest BCUT2D eigenvalue weighted by atomic mass is 10.0. The molecule has 0 bridgehead atoms. The average molecular weight is 952 g/mol. The molecule has 2 atom stereocenters. The van der Waals surface area contributed by atoms with E-state index in [-0.39, 0.29) is 32.6 Å². The van der Waals surface area contributed by atoms with Crippen LogP contribution in [-0.4, -0.2) is 49.3 Å². The van der Waals surface area contributed by atoms with Crippen LogP contribution in [0.4, 0.5) is 0 Å². The summed E-state index contributed by atoms with van der Waals surface area (Å²) in [5.74, 6) is -0.934. The average Bonchev–Trinajstić information content (AvgIpc) is 3.32. The number of hydrogen-bond donors (Lipinski definition) is 2. The summed E-state index contributed by atoms with van der Waals surface area (Å²) in [5, 5.41) is 0. The number of nitrogens with two attached hydrogens (primary N) is 1. The Balaban J connectivity index is 4.11. The summed E-state index contributed by atoms with van der Waals surface area (Å²) in [6.45, 7) is 3.41. The first kappa shape index (κ1) is 63.4. The van der Waals surface area contributed by atoms with E-state index in [0.717, 1.165) is 83.5 Å². The van der Waals surface area contributed by atoms with Gasteiger partial charge in [-0.3, -0.25) is 18.6 Å². The predicted octanol–water partition coefficient (Wildman–Crippen LogP) is 16.1. The molecule has 2 unspecified atom stereocenters. The van der Waals surface area contributed by atoms with Gasteiger partial charge in [0.1, 0.15) is 6.61 Å². The number of phosphoric acid groups is 1. The van der Waals surface area contributed by atoms with E-state index in [2.05, 4.69) is 123 Å². The molecule has 10 heteroatoms. The Hall–Kier alpha value is -3.59. The Kier molecular flexibility index (Phi) is 49.0. The quantitative estimate of drug-likeness (QED) is 0.0265. The Morgan fingerprint density at radius 2 is 0.806 bits per heavy atom. The van der Waals surface area contributed by atoms with Gasteiger partial charge in [0.25, 0.3) is 0 Å². The highest BCUT2D eigenvalue weighted by molar-refractivity contribution is 7.47. The summed E-state index contributed by atoms with van der Waals surface area (Å²) in [4.78, 5) is 35.0. The molecule has 0 heterocycles. The minimum Gasteiger partial charge on any atom is -0.462 e. The second-order valence-electron chi connectivity index (χ2n) is 16.6. The van der Waals surface area contributed by atoms with E-state index in [1.165, 1.54) is 70.6 Å². The van der Waals surface area contributed by atoms with E-state index < -0.39 is 32.5 Å². The molecule has 0 amide bonds. The third-order valence-electron chi connectivity index (χ3n) is 10.4. The number of ether oxygens (including phenoxy) is 2. The van der Waals surface area contributed by atoms with Crippen LogP contribution in [0.5, 0.6) is 0 Å². The van der Waals surface area contributed by atoms with Crippen LogP contribution in [0, 0.1) is 0 Å². The van der Waals surface area contributed by atoms with Crippen LogP contribution < -0.4 is 5.73 Å². The molecule has 0 spiro atoms. The van der Waals surface area contributed by atoms with E-state index in [1.54, 1.807) is 0 Å². The molecule has 0 saturated carbocycles. The summed E-state index contributed by atoms with van der Waals surface area (Å²) in [6, 6.07) is 0. The van der Waals surface area contributed by atoms with Gasteiger partial charge in [-0.05, 0) is 89.9 Å². The number of esters is 2. The zero-order valence-electron chi connectivity index (χ0n) is 42.1. The van der Waals surface area contributed by atoms with Gasteiger partial charge in [-0.15, -0.1) is 0 Å². The number of carbonyl (C=O) groups excluding carboxylic acids is 2. The highest BCUT2D eigenvalue weighted by atomic mass is 31.2. The van der Waals surface area contributed by atoms with Crippen molar-refractivity contribution in [2.45, 2.75) is 200 Å². The predicted molar refractivity (Wildman–Crippen MR) is 284 cm³/mol. The summed E-state index contributed by atoms with van der Waals surface area (Å²) in [5.41, 5.74) is 5.36. The van der Waals surface area contributed by atoms with Gasteiger partial charge in [-0.25, -0.2) is 4.57 Å². The van der Waals surface area contributed by atoms with Crippen molar-refractivity contribution >= 4 is 19.8 Å². The van der Waals surface area contributed by atoms with E-state index >= 15 is 0 Å². The fourth-order valence-corrected chi connectivity index (χ4v) is 7.36. The van der Waals surface area contributed by atoms with E-state index in [4.69, 9.17) is 24.3 Å². The number of rotatable bonds is 47. The first-order valence-corrected chi connectivity index (χ1v) is 27.5. The Morgan fingerprint density at radius 3 is 1.21 bits per heavy atom. The van der Waals surface area contributed by atoms with Crippen LogP contribution >= 0.6 is 7.82 Å². The summed E-state index contributed by atoms with van der Waals surface area (Å²) in [6.07, 6.45) is 71.2. The van der Waals surface area contributed by atoms with Crippen molar-refractivity contribution in [2.24, 2.45) is 5.73 Å². The Labute approximate surface area is 409 Å². The van der Waals surface area contributed by atoms with Crippen molar-refractivity contribution in [1.82, 2.24) is 0 Å². The van der Waals surface area contributed by atoms with Gasteiger partial charge in [0.15, 0.2) is 6.10 Å². The summed E-state index contributed by atoms with van der Waals surface area (Å²) < 4.78 is 32.8. The van der Waals surface area contributed by atoms with Crippen LogP contribution in [0.15, 0.2) is 122 Å². The van der Waals surface area contributed by atoms with Gasteiger partial charge in [0, 0.05) is 19.4 Å². The molecule has 67 heavy (non-hydrogen) atoms. The zero-order chi connectivity index (χ0) is 48.8. The summed E-state index contributed by atoms with van der Waals surface area (Å²) >= 11 is 0. The Morgan fingerprint density at radius 1 is 0.448 bits per heavy atom. The maximum Gasteiger partial charge on any atom is 0.472 e. The van der Waals surface area contributed by atoms with Gasteiger partial charge < -0.3 is 20.1 Å². The fraction of sp³-hybridized carbons (Fsp3) is 0.614. The highest BCUT2D eigenvalue weighted by Gasteiger charge is 2.25. The topological polar surface area (TPSA) is 134 Å².